The molecule has 0 saturated carbocycles. The molecule has 7 heteroatoms. The quantitative estimate of drug-likeness (QED) is 0.200. The van der Waals surface area contributed by atoms with Crippen LogP contribution >= 0.6 is 0 Å². The first-order chi connectivity index (χ1) is 13.4. The molecule has 0 spiro atoms. The third-order valence-electron chi connectivity index (χ3n) is 4.89. The molecule has 0 heterocycles. The molecule has 3 nitrogen and oxygen atoms in total. The number of hydrogen-bond donors (Lipinski definition) is 1. The van der Waals surface area contributed by atoms with Crippen LogP contribution in [-0.4, -0.2) is 14.2 Å². The zero-order chi connectivity index (χ0) is 20.7. The number of nitrogens with one attached hydrogen (secondary N) is 1. The zero-order valence-electron chi connectivity index (χ0n) is 17.7. The molecule has 1 N–H and O–H groups in total. The molecule has 0 aliphatic heterocycles. The van der Waals surface area contributed by atoms with Crippen LogP contribution < -0.4 is 4.72 Å². The van der Waals surface area contributed by atoms with Crippen molar-refractivity contribution in [3.05, 3.63) is 29.8 Å². The number of anilines is 1. The van der Waals surface area contributed by atoms with Crippen molar-refractivity contribution in [3.63, 3.8) is 0 Å². The van der Waals surface area contributed by atoms with Gasteiger partial charge in [0.15, 0.2) is 5.82 Å². The van der Waals surface area contributed by atoms with Gasteiger partial charge in [0.2, 0.25) is 10.0 Å². The molecule has 1 aromatic rings. The van der Waals surface area contributed by atoms with Gasteiger partial charge in [-0.25, -0.2) is 17.2 Å². The molecule has 29 heavy (non-hydrogen) atoms. The fourth-order valence-corrected chi connectivity index (χ4v) is 4.41. The Labute approximate surface area is 191 Å². The van der Waals surface area contributed by atoms with Gasteiger partial charge in [-0.2, -0.15) is 0 Å². The number of benzene rings is 1. The monoisotopic (exact) mass is 464 g/mol. The van der Waals surface area contributed by atoms with Gasteiger partial charge in [-0.1, -0.05) is 90.4 Å². The number of rotatable bonds is 17. The molecular formula is C22H36F2NO2STi. The van der Waals surface area contributed by atoms with E-state index in [0.717, 1.165) is 31.4 Å². The third kappa shape index (κ3) is 15.1. The summed E-state index contributed by atoms with van der Waals surface area (Å²) in [5.74, 6) is -1.93. The van der Waals surface area contributed by atoms with E-state index in [9.17, 15) is 17.2 Å². The summed E-state index contributed by atoms with van der Waals surface area (Å²) < 4.78 is 52.4. The van der Waals surface area contributed by atoms with Crippen LogP contribution in [0.5, 0.6) is 0 Å². The summed E-state index contributed by atoms with van der Waals surface area (Å²) in [5, 5.41) is 0. The molecule has 0 aromatic heterocycles. The Morgan fingerprint density at radius 3 is 1.69 bits per heavy atom. The van der Waals surface area contributed by atoms with Crippen molar-refractivity contribution in [1.82, 2.24) is 0 Å². The smallest absolute Gasteiger partial charge is 0.232 e. The maximum atomic E-state index is 13.5. The Morgan fingerprint density at radius 1 is 0.793 bits per heavy atom. The third-order valence-corrected chi connectivity index (χ3v) is 6.25. The van der Waals surface area contributed by atoms with Gasteiger partial charge in [0.1, 0.15) is 5.82 Å². The van der Waals surface area contributed by atoms with Crippen LogP contribution in [0.15, 0.2) is 12.1 Å². The summed E-state index contributed by atoms with van der Waals surface area (Å²) in [5.41, 5.74) is -0.258. The second-order valence-electron chi connectivity index (χ2n) is 7.55. The van der Waals surface area contributed by atoms with Crippen LogP contribution in [0.25, 0.3) is 0 Å². The molecule has 165 valence electrons. The molecule has 0 amide bonds. The largest absolute Gasteiger partial charge is 0.281 e. The minimum atomic E-state index is -3.62. The number of halogens is 2. The van der Waals surface area contributed by atoms with Gasteiger partial charge in [-0.3, -0.25) is 4.72 Å². The molecule has 0 aliphatic carbocycles. The predicted octanol–water partition coefficient (Wildman–Crippen LogP) is 6.99. The number of unbranched alkanes of at least 4 members (excludes halogenated alkanes) is 13. The Hall–Kier alpha value is -0.456. The SMILES string of the molecule is CCCCCCCCCCCCCCCCS(=O)(=O)Nc1ccc(F)[c]c1F.[Ti]. The summed E-state index contributed by atoms with van der Waals surface area (Å²) in [7, 11) is -3.62. The fraction of sp³-hybridized carbons (Fsp3) is 0.727. The van der Waals surface area contributed by atoms with Crippen LogP contribution in [0.2, 0.25) is 0 Å². The summed E-state index contributed by atoms with van der Waals surface area (Å²) >= 11 is 0. The van der Waals surface area contributed by atoms with E-state index in [2.05, 4.69) is 11.6 Å². The molecule has 0 aliphatic rings. The van der Waals surface area contributed by atoms with E-state index in [1.54, 1.807) is 0 Å². The van der Waals surface area contributed by atoms with Crippen molar-refractivity contribution < 1.29 is 38.9 Å². The first-order valence-electron chi connectivity index (χ1n) is 10.8. The number of hydrogen-bond acceptors (Lipinski definition) is 2. The van der Waals surface area contributed by atoms with Gasteiger partial charge < -0.3 is 0 Å². The first-order valence-corrected chi connectivity index (χ1v) is 12.5. The van der Waals surface area contributed by atoms with E-state index in [0.29, 0.717) is 6.42 Å². The van der Waals surface area contributed by atoms with E-state index in [1.165, 1.54) is 64.2 Å². The van der Waals surface area contributed by atoms with E-state index in [1.807, 2.05) is 6.07 Å². The predicted molar refractivity (Wildman–Crippen MR) is 113 cm³/mol. The summed E-state index contributed by atoms with van der Waals surface area (Å²) in [6.45, 7) is 2.24. The van der Waals surface area contributed by atoms with Crippen molar-refractivity contribution in [2.75, 3.05) is 10.5 Å². The minimum absolute atomic E-state index is 0. The molecule has 0 bridgehead atoms. The van der Waals surface area contributed by atoms with Crippen LogP contribution in [0.1, 0.15) is 96.8 Å². The van der Waals surface area contributed by atoms with Gasteiger partial charge >= 0.3 is 0 Å². The maximum absolute atomic E-state index is 13.5. The van der Waals surface area contributed by atoms with Gasteiger partial charge in [0.25, 0.3) is 0 Å². The second kappa shape index (κ2) is 17.2. The van der Waals surface area contributed by atoms with E-state index >= 15 is 0 Å². The molecule has 0 fully saturated rings. The van der Waals surface area contributed by atoms with E-state index in [-0.39, 0.29) is 33.2 Å². The summed E-state index contributed by atoms with van der Waals surface area (Å²) in [6, 6.07) is 3.87. The average Bonchev–Trinajstić information content (AvgIpc) is 2.64. The Kier molecular flexibility index (Phi) is 17.0. The molecule has 1 aromatic carbocycles. The van der Waals surface area contributed by atoms with Gasteiger partial charge in [0.05, 0.1) is 17.5 Å². The normalized spacial score (nSPS) is 11.3. The molecule has 0 saturated heterocycles. The van der Waals surface area contributed by atoms with Crippen molar-refractivity contribution in [2.24, 2.45) is 0 Å². The molecular weight excluding hydrogens is 428 g/mol. The number of sulfonamides is 1. The minimum Gasteiger partial charge on any atom is -0.281 e. The summed E-state index contributed by atoms with van der Waals surface area (Å²) in [4.78, 5) is 0. The van der Waals surface area contributed by atoms with Crippen molar-refractivity contribution in [3.8, 4) is 0 Å². The van der Waals surface area contributed by atoms with Crippen LogP contribution in [0.4, 0.5) is 14.5 Å². The fourth-order valence-electron chi connectivity index (χ4n) is 3.23. The Balaban J connectivity index is 0.00000784. The van der Waals surface area contributed by atoms with Crippen LogP contribution in [0.3, 0.4) is 0 Å². The van der Waals surface area contributed by atoms with Crippen LogP contribution in [-0.2, 0) is 31.7 Å². The van der Waals surface area contributed by atoms with Crippen LogP contribution in [0, 0.1) is 17.7 Å². The van der Waals surface area contributed by atoms with E-state index < -0.39 is 21.7 Å². The first kappa shape index (κ1) is 28.5. The van der Waals surface area contributed by atoms with Gasteiger partial charge in [0, 0.05) is 21.7 Å². The maximum Gasteiger partial charge on any atom is 0.232 e. The van der Waals surface area contributed by atoms with Gasteiger partial charge in [-0.05, 0) is 18.6 Å². The molecule has 1 radical (unpaired) electrons. The van der Waals surface area contributed by atoms with Crippen molar-refractivity contribution in [2.45, 2.75) is 96.8 Å². The molecule has 1 rings (SSSR count). The van der Waals surface area contributed by atoms with E-state index in [4.69, 9.17) is 0 Å². The topological polar surface area (TPSA) is 46.2 Å². The van der Waals surface area contributed by atoms with Gasteiger partial charge in [-0.15, -0.1) is 0 Å². The average molecular weight is 464 g/mol. The Bertz CT molecular complexity index is 642. The van der Waals surface area contributed by atoms with Crippen molar-refractivity contribution in [1.29, 1.82) is 0 Å². The molecule has 0 unspecified atom stereocenters. The van der Waals surface area contributed by atoms with Crippen molar-refractivity contribution >= 4 is 15.7 Å². The summed E-state index contributed by atoms with van der Waals surface area (Å²) in [6.07, 6.45) is 16.7. The second-order valence-corrected chi connectivity index (χ2v) is 9.39. The molecule has 0 atom stereocenters. The standard InChI is InChI=1S/C22H36F2NO2S.Ti/c1-2-3-4-5-6-7-8-9-10-11-12-13-14-15-18-28(26,27)25-22-17-16-20(23)19-21(22)24;/h16-17,25H,2-15,18H2,1H3;. The Morgan fingerprint density at radius 2 is 1.24 bits per heavy atom. The zero-order valence-corrected chi connectivity index (χ0v) is 20.1.